The van der Waals surface area contributed by atoms with E-state index in [9.17, 15) is 5.26 Å². The van der Waals surface area contributed by atoms with Crippen LogP contribution in [0.25, 0.3) is 0 Å². The SMILES string of the molecule is COc1cc(COc2cc(COc3cc(C[Se]C#N)cc(OCc4cc(OCc5cc(OC)cc(OC)c5)cc(OCc5cc(OC)cc(OC)c5)c4)c3)cc(OCc3cc(OC)cc(OC)c3)c2)cc(OC)c1. The van der Waals surface area contributed by atoms with Gasteiger partial charge in [0, 0.05) is 24.3 Å². The first kappa shape index (κ1) is 53.5. The van der Waals surface area contributed by atoms with Crippen LogP contribution in [0, 0.1) is 10.2 Å². The monoisotopic (exact) mass is 1070 g/mol. The van der Waals surface area contributed by atoms with Crippen molar-refractivity contribution in [1.29, 1.82) is 5.26 Å². The van der Waals surface area contributed by atoms with Gasteiger partial charge in [0.15, 0.2) is 0 Å². The van der Waals surface area contributed by atoms with Crippen molar-refractivity contribution < 1.29 is 66.3 Å². The van der Waals surface area contributed by atoms with Gasteiger partial charge in [-0.3, -0.25) is 0 Å². The number of rotatable bonds is 28. The van der Waals surface area contributed by atoms with Crippen LogP contribution >= 0.6 is 0 Å². The average molecular weight is 1070 g/mol. The van der Waals surface area contributed by atoms with Crippen LogP contribution in [-0.4, -0.2) is 71.8 Å². The second-order valence-electron chi connectivity index (χ2n) is 16.4. The van der Waals surface area contributed by atoms with E-state index in [1.807, 2.05) is 103 Å². The molecule has 7 aromatic carbocycles. The van der Waals surface area contributed by atoms with Gasteiger partial charge in [-0.2, -0.15) is 0 Å². The van der Waals surface area contributed by atoms with Gasteiger partial charge in [0.1, 0.15) is 46.0 Å². The van der Waals surface area contributed by atoms with Crippen molar-refractivity contribution in [3.63, 3.8) is 0 Å². The average Bonchev–Trinajstić information content (AvgIpc) is 3.44. The van der Waals surface area contributed by atoms with Crippen LogP contribution in [0.4, 0.5) is 0 Å². The van der Waals surface area contributed by atoms with E-state index >= 15 is 0 Å². The molecule has 386 valence electrons. The van der Waals surface area contributed by atoms with Crippen molar-refractivity contribution in [2.24, 2.45) is 0 Å². The molecular weight excluding hydrogens is 1010 g/mol. The fourth-order valence-electron chi connectivity index (χ4n) is 7.56. The van der Waals surface area contributed by atoms with Crippen LogP contribution in [0.2, 0.25) is 0 Å². The van der Waals surface area contributed by atoms with E-state index < -0.39 is 0 Å². The molecule has 0 spiro atoms. The first-order valence-corrected chi connectivity index (χ1v) is 25.2. The maximum absolute atomic E-state index is 9.57. The molecule has 7 rings (SSSR count). The number of methoxy groups -OCH3 is 8. The topological polar surface area (TPSA) is 153 Å². The molecule has 0 bridgehead atoms. The van der Waals surface area contributed by atoms with Crippen molar-refractivity contribution in [2.45, 2.75) is 45.0 Å². The molecule has 0 aromatic heterocycles. The molecule has 0 fully saturated rings. The molecular formula is C58H59NO14Se. The summed E-state index contributed by atoms with van der Waals surface area (Å²) in [5, 5.41) is 10.1. The summed E-state index contributed by atoms with van der Waals surface area (Å²) in [5.41, 5.74) is 5.86. The first-order chi connectivity index (χ1) is 36.1. The van der Waals surface area contributed by atoms with Crippen molar-refractivity contribution >= 4 is 15.0 Å². The predicted molar refractivity (Wildman–Crippen MR) is 279 cm³/mol. The Morgan fingerprint density at radius 2 is 0.419 bits per heavy atom. The zero-order valence-corrected chi connectivity index (χ0v) is 44.4. The van der Waals surface area contributed by atoms with Crippen LogP contribution in [-0.2, 0) is 45.0 Å². The van der Waals surface area contributed by atoms with Crippen LogP contribution in [0.5, 0.6) is 80.5 Å². The second-order valence-corrected chi connectivity index (χ2v) is 18.0. The van der Waals surface area contributed by atoms with E-state index in [0.29, 0.717) is 85.8 Å². The summed E-state index contributed by atoms with van der Waals surface area (Å²) in [4.78, 5) is 2.31. The third kappa shape index (κ3) is 15.9. The van der Waals surface area contributed by atoms with Gasteiger partial charge >= 0.3 is 227 Å². The van der Waals surface area contributed by atoms with Gasteiger partial charge < -0.3 is 37.9 Å². The number of ether oxygens (including phenoxy) is 14. The molecule has 0 saturated carbocycles. The molecule has 0 radical (unpaired) electrons. The van der Waals surface area contributed by atoms with Crippen molar-refractivity contribution in [3.8, 4) is 85.5 Å². The van der Waals surface area contributed by atoms with Crippen LogP contribution in [0.3, 0.4) is 0 Å². The van der Waals surface area contributed by atoms with E-state index in [0.717, 1.165) is 38.9 Å². The summed E-state index contributed by atoms with van der Waals surface area (Å²) in [5.74, 6) is 8.52. The number of hydrogen-bond acceptors (Lipinski definition) is 15. The van der Waals surface area contributed by atoms with Gasteiger partial charge in [0.05, 0.1) is 56.9 Å². The Bertz CT molecular complexity index is 2580. The molecule has 0 N–H and O–H groups in total. The fourth-order valence-corrected chi connectivity index (χ4v) is 8.39. The van der Waals surface area contributed by atoms with Crippen LogP contribution in [0.1, 0.15) is 38.9 Å². The molecule has 0 heterocycles. The largest absolute Gasteiger partial charge is 0.497 e. The zero-order chi connectivity index (χ0) is 52.2. The van der Waals surface area contributed by atoms with Gasteiger partial charge in [-0.25, -0.2) is 0 Å². The molecule has 16 heteroatoms. The molecule has 7 aromatic rings. The fraction of sp³-hybridized carbons (Fsp3) is 0.259. The Morgan fingerprint density at radius 1 is 0.257 bits per heavy atom. The van der Waals surface area contributed by atoms with E-state index in [4.69, 9.17) is 66.3 Å². The van der Waals surface area contributed by atoms with Crippen molar-refractivity contribution in [3.05, 3.63) is 166 Å². The number of nitrogens with zero attached hydrogens (tertiary/aromatic N) is 1. The molecule has 0 atom stereocenters. The summed E-state index contributed by atoms with van der Waals surface area (Å²) >= 11 is -0.301. The molecule has 0 aliphatic rings. The summed E-state index contributed by atoms with van der Waals surface area (Å²) in [7, 11) is 12.8. The quantitative estimate of drug-likeness (QED) is 0.0427. The standard InChI is InChI=1S/C58H59NO14Se/c1-60-45-9-38(10-46(23-45)61-2)30-68-53-17-42(18-54(27-53)69-31-39-11-47(62-3)24-48(12-39)63-4)34-72-57-21-44(36-74-37-59)22-58(29-57)73-35-43-19-55(70-32-40-13-49(64-5)25-50(14-40)65-6)28-56(20-43)71-33-41-15-51(66-7)26-52(16-41)67-8/h9-29H,30-36H2,1-8H3. The van der Waals surface area contributed by atoms with Gasteiger partial charge in [0.2, 0.25) is 0 Å². The Hall–Kier alpha value is -8.25. The van der Waals surface area contributed by atoms with Crippen LogP contribution in [0.15, 0.2) is 127 Å². The third-order valence-electron chi connectivity index (χ3n) is 11.2. The molecule has 15 nitrogen and oxygen atoms in total. The molecule has 74 heavy (non-hydrogen) atoms. The molecule has 0 aliphatic heterocycles. The maximum atomic E-state index is 9.57. The Morgan fingerprint density at radius 3 is 0.595 bits per heavy atom. The number of nitriles is 1. The Kier molecular flexibility index (Phi) is 19.5. The maximum Gasteiger partial charge on any atom is 0.122 e. The molecule has 0 aliphatic carbocycles. The summed E-state index contributed by atoms with van der Waals surface area (Å²) < 4.78 is 82.4. The minimum absolute atomic E-state index is 0.151. The predicted octanol–water partition coefficient (Wildman–Crippen LogP) is 10.9. The zero-order valence-electron chi connectivity index (χ0n) is 42.6. The minimum Gasteiger partial charge on any atom is -0.497 e. The summed E-state index contributed by atoms with van der Waals surface area (Å²) in [6.07, 6.45) is 0. The normalized spacial score (nSPS) is 10.6. The summed E-state index contributed by atoms with van der Waals surface area (Å²) in [6.45, 7) is 1.21. The van der Waals surface area contributed by atoms with Gasteiger partial charge in [0.25, 0.3) is 0 Å². The van der Waals surface area contributed by atoms with Gasteiger partial charge in [-0.15, -0.1) is 0 Å². The van der Waals surface area contributed by atoms with E-state index in [2.05, 4.69) is 4.97 Å². The molecule has 0 saturated heterocycles. The second kappa shape index (κ2) is 27.0. The van der Waals surface area contributed by atoms with Crippen molar-refractivity contribution in [1.82, 2.24) is 0 Å². The van der Waals surface area contributed by atoms with Gasteiger partial charge in [-0.1, -0.05) is 0 Å². The summed E-state index contributed by atoms with van der Waals surface area (Å²) in [6, 6.07) is 39.3. The first-order valence-electron chi connectivity index (χ1n) is 23.2. The van der Waals surface area contributed by atoms with Crippen molar-refractivity contribution in [2.75, 3.05) is 56.9 Å². The smallest absolute Gasteiger partial charge is 0.122 e. The molecule has 0 unspecified atom stereocenters. The number of benzene rings is 7. The Balaban J connectivity index is 1.12. The van der Waals surface area contributed by atoms with E-state index in [1.54, 1.807) is 81.1 Å². The molecule has 0 amide bonds. The van der Waals surface area contributed by atoms with E-state index in [1.165, 1.54) is 0 Å². The van der Waals surface area contributed by atoms with Crippen LogP contribution < -0.4 is 66.3 Å². The van der Waals surface area contributed by atoms with Gasteiger partial charge in [-0.05, 0) is 48.5 Å². The third-order valence-corrected chi connectivity index (χ3v) is 12.5. The minimum atomic E-state index is -0.301. The number of hydrogen-bond donors (Lipinski definition) is 0. The van der Waals surface area contributed by atoms with E-state index in [-0.39, 0.29) is 54.6 Å². The Labute approximate surface area is 438 Å².